The van der Waals surface area contributed by atoms with Crippen LogP contribution >= 0.6 is 31.9 Å². The van der Waals surface area contributed by atoms with Crippen molar-refractivity contribution < 1.29 is 4.39 Å². The monoisotopic (exact) mass is 344 g/mol. The van der Waals surface area contributed by atoms with Crippen LogP contribution in [0.25, 0.3) is 11.3 Å². The maximum absolute atomic E-state index is 13.5. The van der Waals surface area contributed by atoms with Crippen molar-refractivity contribution in [3.63, 3.8) is 0 Å². The summed E-state index contributed by atoms with van der Waals surface area (Å²) in [6.07, 6.45) is 1.68. The van der Waals surface area contributed by atoms with E-state index in [0.717, 1.165) is 11.3 Å². The van der Waals surface area contributed by atoms with E-state index in [4.69, 9.17) is 5.73 Å². The number of hydrogen-bond acceptors (Lipinski definition) is 2. The van der Waals surface area contributed by atoms with Gasteiger partial charge < -0.3 is 5.73 Å². The molecule has 0 aliphatic heterocycles. The van der Waals surface area contributed by atoms with Gasteiger partial charge in [-0.1, -0.05) is 6.07 Å². The molecule has 0 spiro atoms. The van der Waals surface area contributed by atoms with Gasteiger partial charge in [-0.25, -0.2) is 4.39 Å². The lowest BCUT2D eigenvalue weighted by molar-refractivity contribution is 0.625. The zero-order valence-corrected chi connectivity index (χ0v) is 11.2. The maximum Gasteiger partial charge on any atom is 0.161 e. The highest BCUT2D eigenvalue weighted by molar-refractivity contribution is 9.11. The van der Waals surface area contributed by atoms with Crippen LogP contribution in [-0.4, -0.2) is 4.98 Å². The molecule has 0 aliphatic carbocycles. The van der Waals surface area contributed by atoms with E-state index in [-0.39, 0.29) is 5.69 Å². The molecule has 0 aliphatic rings. The van der Waals surface area contributed by atoms with E-state index in [1.54, 1.807) is 12.3 Å². The number of rotatable bonds is 1. The summed E-state index contributed by atoms with van der Waals surface area (Å²) in [5, 5.41) is 0. The Hall–Kier alpha value is -0.940. The Kier molecular flexibility index (Phi) is 3.25. The van der Waals surface area contributed by atoms with Crippen molar-refractivity contribution in [1.29, 1.82) is 0 Å². The first-order chi connectivity index (χ1) is 7.61. The molecule has 0 saturated carbocycles. The van der Waals surface area contributed by atoms with Gasteiger partial charge in [0, 0.05) is 11.8 Å². The summed E-state index contributed by atoms with van der Waals surface area (Å²) < 4.78 is 14.3. The van der Waals surface area contributed by atoms with Crippen LogP contribution in [0, 0.1) is 5.82 Å². The molecule has 2 rings (SSSR count). The summed E-state index contributed by atoms with van der Waals surface area (Å²) in [7, 11) is 0. The molecule has 1 aromatic carbocycles. The molecule has 1 aromatic heterocycles. The molecule has 1 heterocycles. The van der Waals surface area contributed by atoms with Crippen LogP contribution in [0.4, 0.5) is 10.1 Å². The SMILES string of the molecule is Nc1c(F)c(Br)cc(-c2ccccn2)c1Br. The average molecular weight is 346 g/mol. The van der Waals surface area contributed by atoms with Gasteiger partial charge in [-0.2, -0.15) is 0 Å². The normalized spacial score (nSPS) is 10.4. The first-order valence-corrected chi connectivity index (χ1v) is 6.04. The van der Waals surface area contributed by atoms with E-state index >= 15 is 0 Å². The molecule has 0 radical (unpaired) electrons. The molecule has 16 heavy (non-hydrogen) atoms. The minimum Gasteiger partial charge on any atom is -0.395 e. The second-order valence-corrected chi connectivity index (χ2v) is 4.81. The van der Waals surface area contributed by atoms with E-state index in [1.165, 1.54) is 0 Å². The molecule has 82 valence electrons. The summed E-state index contributed by atoms with van der Waals surface area (Å²) in [5.74, 6) is -0.466. The topological polar surface area (TPSA) is 38.9 Å². The summed E-state index contributed by atoms with van der Waals surface area (Å²) in [5.41, 5.74) is 7.21. The van der Waals surface area contributed by atoms with E-state index in [0.29, 0.717) is 8.95 Å². The van der Waals surface area contributed by atoms with Gasteiger partial charge >= 0.3 is 0 Å². The van der Waals surface area contributed by atoms with Gasteiger partial charge in [0.15, 0.2) is 5.82 Å². The molecule has 2 nitrogen and oxygen atoms in total. The van der Waals surface area contributed by atoms with E-state index in [2.05, 4.69) is 36.8 Å². The number of halogens is 3. The lowest BCUT2D eigenvalue weighted by Crippen LogP contribution is -1.96. The fraction of sp³-hybridized carbons (Fsp3) is 0. The molecule has 0 amide bonds. The Labute approximate surface area is 109 Å². The van der Waals surface area contributed by atoms with Crippen molar-refractivity contribution in [2.45, 2.75) is 0 Å². The number of nitrogens with two attached hydrogens (primary N) is 1. The first kappa shape index (κ1) is 11.5. The summed E-state index contributed by atoms with van der Waals surface area (Å²) in [4.78, 5) is 4.19. The van der Waals surface area contributed by atoms with Crippen LogP contribution in [0.1, 0.15) is 0 Å². The predicted molar refractivity (Wildman–Crippen MR) is 69.4 cm³/mol. The second-order valence-electron chi connectivity index (χ2n) is 3.16. The van der Waals surface area contributed by atoms with Gasteiger partial charge in [0.05, 0.1) is 20.3 Å². The van der Waals surface area contributed by atoms with Gasteiger partial charge in [0.25, 0.3) is 0 Å². The van der Waals surface area contributed by atoms with Gasteiger partial charge in [0.2, 0.25) is 0 Å². The van der Waals surface area contributed by atoms with E-state index < -0.39 is 5.82 Å². The molecular formula is C11H7Br2FN2. The Morgan fingerprint density at radius 1 is 1.25 bits per heavy atom. The summed E-state index contributed by atoms with van der Waals surface area (Å²) in [6.45, 7) is 0. The van der Waals surface area contributed by atoms with Crippen LogP contribution in [-0.2, 0) is 0 Å². The van der Waals surface area contributed by atoms with Crippen molar-refractivity contribution in [2.75, 3.05) is 5.73 Å². The molecule has 0 fully saturated rings. The summed E-state index contributed by atoms with van der Waals surface area (Å²) >= 11 is 6.40. The predicted octanol–water partition coefficient (Wildman–Crippen LogP) is 3.99. The third kappa shape index (κ3) is 1.97. The van der Waals surface area contributed by atoms with Crippen LogP contribution in [0.5, 0.6) is 0 Å². The van der Waals surface area contributed by atoms with E-state index in [9.17, 15) is 4.39 Å². The number of aromatic nitrogens is 1. The van der Waals surface area contributed by atoms with Crippen molar-refractivity contribution in [2.24, 2.45) is 0 Å². The number of hydrogen-bond donors (Lipinski definition) is 1. The number of pyridine rings is 1. The highest BCUT2D eigenvalue weighted by atomic mass is 79.9. The van der Waals surface area contributed by atoms with Crippen LogP contribution in [0.3, 0.4) is 0 Å². The van der Waals surface area contributed by atoms with Gasteiger partial charge in [-0.05, 0) is 50.1 Å². The average Bonchev–Trinajstić information content (AvgIpc) is 2.32. The Bertz CT molecular complexity index is 529. The largest absolute Gasteiger partial charge is 0.395 e. The third-order valence-electron chi connectivity index (χ3n) is 2.13. The van der Waals surface area contributed by atoms with Gasteiger partial charge in [0.1, 0.15) is 0 Å². The van der Waals surface area contributed by atoms with Gasteiger partial charge in [-0.15, -0.1) is 0 Å². The maximum atomic E-state index is 13.5. The molecule has 2 N–H and O–H groups in total. The summed E-state index contributed by atoms with van der Waals surface area (Å²) in [6, 6.07) is 7.17. The van der Waals surface area contributed by atoms with Crippen molar-refractivity contribution >= 4 is 37.5 Å². The zero-order chi connectivity index (χ0) is 11.7. The highest BCUT2D eigenvalue weighted by Gasteiger charge is 2.14. The lowest BCUT2D eigenvalue weighted by Gasteiger charge is -2.09. The number of anilines is 1. The van der Waals surface area contributed by atoms with Gasteiger partial charge in [-0.3, -0.25) is 4.98 Å². The standard InChI is InChI=1S/C11H7Br2FN2/c12-7-5-6(8-3-1-2-4-16-8)9(13)11(15)10(7)14/h1-5H,15H2. The molecule has 0 bridgehead atoms. The molecule has 0 unspecified atom stereocenters. The van der Waals surface area contributed by atoms with E-state index in [1.807, 2.05) is 18.2 Å². The Morgan fingerprint density at radius 2 is 2.00 bits per heavy atom. The third-order valence-corrected chi connectivity index (χ3v) is 3.56. The molecule has 0 saturated heterocycles. The molecule has 5 heteroatoms. The smallest absolute Gasteiger partial charge is 0.161 e. The fourth-order valence-electron chi connectivity index (χ4n) is 1.33. The zero-order valence-electron chi connectivity index (χ0n) is 8.05. The number of nitrogen functional groups attached to an aromatic ring is 1. The Morgan fingerprint density at radius 3 is 2.62 bits per heavy atom. The van der Waals surface area contributed by atoms with Crippen molar-refractivity contribution in [3.8, 4) is 11.3 Å². The van der Waals surface area contributed by atoms with Crippen molar-refractivity contribution in [1.82, 2.24) is 4.98 Å². The van der Waals surface area contributed by atoms with Crippen molar-refractivity contribution in [3.05, 3.63) is 45.2 Å². The quantitative estimate of drug-likeness (QED) is 0.626. The van der Waals surface area contributed by atoms with Crippen LogP contribution < -0.4 is 5.73 Å². The minimum absolute atomic E-state index is 0.0787. The number of nitrogens with zero attached hydrogens (tertiary/aromatic N) is 1. The first-order valence-electron chi connectivity index (χ1n) is 4.45. The molecular weight excluding hydrogens is 339 g/mol. The minimum atomic E-state index is -0.466. The number of benzene rings is 1. The van der Waals surface area contributed by atoms with Crippen LogP contribution in [0.2, 0.25) is 0 Å². The van der Waals surface area contributed by atoms with Crippen LogP contribution in [0.15, 0.2) is 39.4 Å². The fourth-order valence-corrected chi connectivity index (χ4v) is 2.27. The lowest BCUT2D eigenvalue weighted by atomic mass is 10.1. The molecule has 2 aromatic rings. The Balaban J connectivity index is 2.68. The second kappa shape index (κ2) is 4.51. The molecule has 0 atom stereocenters. The highest BCUT2D eigenvalue weighted by Crippen LogP contribution is 2.37.